The molecular weight excluding hydrogens is 462 g/mol. The van der Waals surface area contributed by atoms with Gasteiger partial charge in [0.15, 0.2) is 5.78 Å². The molecular formula is C22H15F4N3O3S. The van der Waals surface area contributed by atoms with E-state index in [0.717, 1.165) is 12.3 Å². The Bertz CT molecular complexity index is 1490. The number of aromatic amines is 1. The summed E-state index contributed by atoms with van der Waals surface area (Å²) in [6.07, 6.45) is -1.00. The van der Waals surface area contributed by atoms with Crippen LogP contribution in [0.4, 0.5) is 23.2 Å². The van der Waals surface area contributed by atoms with Crippen molar-refractivity contribution in [2.24, 2.45) is 0 Å². The monoisotopic (exact) mass is 477 g/mol. The van der Waals surface area contributed by atoms with Gasteiger partial charge in [0.05, 0.1) is 11.8 Å². The number of fused-ring (bicyclic) bond motifs is 1. The van der Waals surface area contributed by atoms with Crippen molar-refractivity contribution in [3.63, 3.8) is 0 Å². The molecule has 33 heavy (non-hydrogen) atoms. The maximum Gasteiger partial charge on any atom is 0.416 e. The van der Waals surface area contributed by atoms with Crippen LogP contribution in [-0.2, 0) is 16.2 Å². The molecule has 4 aromatic rings. The molecule has 0 aliphatic rings. The predicted molar refractivity (Wildman–Crippen MR) is 115 cm³/mol. The number of nitrogens with one attached hydrogen (secondary N) is 2. The highest BCUT2D eigenvalue weighted by Gasteiger charge is 2.32. The molecule has 0 amide bonds. The molecule has 6 nitrogen and oxygen atoms in total. The van der Waals surface area contributed by atoms with Crippen molar-refractivity contribution < 1.29 is 30.8 Å². The molecule has 2 aromatic carbocycles. The van der Waals surface area contributed by atoms with Crippen LogP contribution in [0.5, 0.6) is 0 Å². The van der Waals surface area contributed by atoms with E-state index in [1.54, 1.807) is 30.3 Å². The highest BCUT2D eigenvalue weighted by atomic mass is 32.2. The number of ketones is 1. The van der Waals surface area contributed by atoms with E-state index in [-0.39, 0.29) is 5.56 Å². The molecule has 2 N–H and O–H groups in total. The maximum atomic E-state index is 13.8. The fourth-order valence-electron chi connectivity index (χ4n) is 3.37. The number of alkyl halides is 3. The number of carbonyl (C=O) groups is 1. The fourth-order valence-corrected chi connectivity index (χ4v) is 3.92. The zero-order chi connectivity index (χ0) is 24.0. The Hall–Kier alpha value is -3.73. The second-order valence-corrected chi connectivity index (χ2v) is 9.08. The summed E-state index contributed by atoms with van der Waals surface area (Å²) in [6.45, 7) is 0. The maximum absolute atomic E-state index is 13.8. The van der Waals surface area contributed by atoms with E-state index in [0.29, 0.717) is 40.0 Å². The minimum Gasteiger partial charge on any atom is -0.345 e. The molecule has 0 atom stereocenters. The van der Waals surface area contributed by atoms with Gasteiger partial charge in [-0.2, -0.15) is 13.2 Å². The Morgan fingerprint density at radius 3 is 2.52 bits per heavy atom. The van der Waals surface area contributed by atoms with E-state index in [1.165, 1.54) is 12.4 Å². The van der Waals surface area contributed by atoms with Crippen LogP contribution in [0.2, 0.25) is 0 Å². The molecule has 0 radical (unpaired) electrons. The Kier molecular flexibility index (Phi) is 5.44. The number of nitrogens with zero attached hydrogens (tertiary/aromatic N) is 1. The number of carbonyl (C=O) groups excluding carboxylic acids is 1. The summed E-state index contributed by atoms with van der Waals surface area (Å²) >= 11 is 0. The molecule has 0 aliphatic carbocycles. The average molecular weight is 477 g/mol. The number of H-pyrrole nitrogens is 1. The number of aromatic nitrogens is 2. The summed E-state index contributed by atoms with van der Waals surface area (Å²) in [5.74, 6) is -1.99. The summed E-state index contributed by atoms with van der Waals surface area (Å²) in [5.41, 5.74) is 0.0438. The molecule has 4 rings (SSSR count). The van der Waals surface area contributed by atoms with Crippen LogP contribution >= 0.6 is 0 Å². The van der Waals surface area contributed by atoms with Crippen molar-refractivity contribution >= 4 is 32.5 Å². The first-order valence-corrected chi connectivity index (χ1v) is 11.3. The number of hydrogen-bond acceptors (Lipinski definition) is 4. The smallest absolute Gasteiger partial charge is 0.345 e. The summed E-state index contributed by atoms with van der Waals surface area (Å²) in [7, 11) is -3.49. The lowest BCUT2D eigenvalue weighted by molar-refractivity contribution is -0.137. The third-order valence-corrected chi connectivity index (χ3v) is 5.37. The van der Waals surface area contributed by atoms with Gasteiger partial charge in [0.1, 0.15) is 11.5 Å². The number of pyridine rings is 1. The van der Waals surface area contributed by atoms with Crippen molar-refractivity contribution in [2.45, 2.75) is 6.18 Å². The Morgan fingerprint density at radius 1 is 1.06 bits per heavy atom. The van der Waals surface area contributed by atoms with Gasteiger partial charge in [-0.15, -0.1) is 0 Å². The van der Waals surface area contributed by atoms with E-state index < -0.39 is 38.9 Å². The second-order valence-electron chi connectivity index (χ2n) is 7.33. The Morgan fingerprint density at radius 2 is 1.82 bits per heavy atom. The molecule has 0 saturated carbocycles. The molecule has 0 unspecified atom stereocenters. The first kappa shape index (κ1) is 22.5. The van der Waals surface area contributed by atoms with Crippen LogP contribution in [0.15, 0.2) is 60.9 Å². The van der Waals surface area contributed by atoms with Gasteiger partial charge in [-0.05, 0) is 42.0 Å². The van der Waals surface area contributed by atoms with E-state index in [9.17, 15) is 30.8 Å². The molecule has 0 saturated heterocycles. The highest BCUT2D eigenvalue weighted by molar-refractivity contribution is 7.92. The molecule has 0 spiro atoms. The Balaban J connectivity index is 1.77. The van der Waals surface area contributed by atoms with Crippen molar-refractivity contribution in [1.82, 2.24) is 9.97 Å². The van der Waals surface area contributed by atoms with Crippen molar-refractivity contribution in [1.29, 1.82) is 0 Å². The zero-order valence-electron chi connectivity index (χ0n) is 16.9. The van der Waals surface area contributed by atoms with Gasteiger partial charge in [0.2, 0.25) is 10.0 Å². The molecule has 0 bridgehead atoms. The lowest BCUT2D eigenvalue weighted by Crippen LogP contribution is -2.09. The number of rotatable bonds is 5. The first-order valence-electron chi connectivity index (χ1n) is 9.38. The van der Waals surface area contributed by atoms with Crippen molar-refractivity contribution in [2.75, 3.05) is 11.0 Å². The van der Waals surface area contributed by atoms with E-state index in [2.05, 4.69) is 14.7 Å². The predicted octanol–water partition coefficient (Wildman–Crippen LogP) is 4.99. The van der Waals surface area contributed by atoms with Gasteiger partial charge < -0.3 is 4.98 Å². The molecule has 2 heterocycles. The standard InChI is InChI=1S/C22H15F4N3O3S/c1-33(31,32)29-17-4-2-3-12(7-17)14-8-18-19(11-28-21(18)27-10-14)20(30)13-5-15(22(24,25)26)9-16(23)6-13/h2-11,29H,1H3,(H,27,28). The number of hydrogen-bond donors (Lipinski definition) is 2. The topological polar surface area (TPSA) is 91.9 Å². The van der Waals surface area contributed by atoms with E-state index in [1.807, 2.05) is 0 Å². The van der Waals surface area contributed by atoms with E-state index >= 15 is 0 Å². The molecule has 0 fully saturated rings. The van der Waals surface area contributed by atoms with Crippen LogP contribution < -0.4 is 4.72 Å². The SMILES string of the molecule is CS(=O)(=O)Nc1cccc(-c2cnc3[nH]cc(C(=O)c4cc(F)cc(C(F)(F)F)c4)c3c2)c1. The Labute approximate surface area is 185 Å². The minimum absolute atomic E-state index is 0.0171. The number of anilines is 1. The first-order chi connectivity index (χ1) is 15.4. The van der Waals surface area contributed by atoms with Crippen molar-refractivity contribution in [3.05, 3.63) is 83.4 Å². The number of sulfonamides is 1. The van der Waals surface area contributed by atoms with Crippen LogP contribution in [-0.4, -0.2) is 30.4 Å². The third kappa shape index (κ3) is 4.87. The average Bonchev–Trinajstić information content (AvgIpc) is 3.14. The van der Waals surface area contributed by atoms with Gasteiger partial charge in [0.25, 0.3) is 0 Å². The number of benzene rings is 2. The van der Waals surface area contributed by atoms with Gasteiger partial charge in [0, 0.05) is 40.2 Å². The highest BCUT2D eigenvalue weighted by Crippen LogP contribution is 2.32. The normalized spacial score (nSPS) is 12.2. The quantitative estimate of drug-likeness (QED) is 0.313. The minimum atomic E-state index is -4.81. The zero-order valence-corrected chi connectivity index (χ0v) is 17.7. The van der Waals surface area contributed by atoms with Gasteiger partial charge in [-0.25, -0.2) is 17.8 Å². The summed E-state index contributed by atoms with van der Waals surface area (Å²) in [4.78, 5) is 20.0. The van der Waals surface area contributed by atoms with Crippen molar-refractivity contribution in [3.8, 4) is 11.1 Å². The molecule has 0 aliphatic heterocycles. The third-order valence-electron chi connectivity index (χ3n) is 4.76. The van der Waals surface area contributed by atoms with Gasteiger partial charge in [-0.3, -0.25) is 9.52 Å². The van der Waals surface area contributed by atoms with E-state index in [4.69, 9.17) is 0 Å². The van der Waals surface area contributed by atoms with Gasteiger partial charge >= 0.3 is 6.18 Å². The van der Waals surface area contributed by atoms with Crippen LogP contribution in [0.3, 0.4) is 0 Å². The summed E-state index contributed by atoms with van der Waals surface area (Å²) in [5, 5.41) is 0.316. The molecule has 170 valence electrons. The summed E-state index contributed by atoms with van der Waals surface area (Å²) < 4.78 is 78.3. The largest absolute Gasteiger partial charge is 0.416 e. The van der Waals surface area contributed by atoms with Crippen LogP contribution in [0.25, 0.3) is 22.2 Å². The fraction of sp³-hybridized carbons (Fsp3) is 0.0909. The van der Waals surface area contributed by atoms with Crippen LogP contribution in [0, 0.1) is 5.82 Å². The van der Waals surface area contributed by atoms with Crippen LogP contribution in [0.1, 0.15) is 21.5 Å². The second kappa shape index (κ2) is 8.00. The lowest BCUT2D eigenvalue weighted by atomic mass is 9.99. The molecule has 2 aromatic heterocycles. The summed E-state index contributed by atoms with van der Waals surface area (Å²) in [6, 6.07) is 9.72. The number of halogens is 4. The lowest BCUT2D eigenvalue weighted by Gasteiger charge is -2.09. The van der Waals surface area contributed by atoms with Gasteiger partial charge in [-0.1, -0.05) is 12.1 Å². The molecule has 11 heteroatoms.